The summed E-state index contributed by atoms with van der Waals surface area (Å²) in [6.07, 6.45) is 0. The molecule has 0 aliphatic carbocycles. The van der Waals surface area contributed by atoms with E-state index < -0.39 is 11.6 Å². The van der Waals surface area contributed by atoms with Gasteiger partial charge in [0.1, 0.15) is 11.6 Å². The SMILES string of the molecule is Cc1cccc(C(=O)c2cc(F)cc(F)c2)c1C. The number of ketones is 1. The van der Waals surface area contributed by atoms with Gasteiger partial charge in [0.2, 0.25) is 0 Å². The second-order valence-electron chi connectivity index (χ2n) is 4.23. The molecular formula is C15H12F2O. The average Bonchev–Trinajstić information content (AvgIpc) is 2.30. The second-order valence-corrected chi connectivity index (χ2v) is 4.23. The summed E-state index contributed by atoms with van der Waals surface area (Å²) in [5, 5.41) is 0. The molecule has 0 saturated heterocycles. The maximum atomic E-state index is 13.1. The minimum atomic E-state index is -0.747. The van der Waals surface area contributed by atoms with Gasteiger partial charge in [-0.1, -0.05) is 18.2 Å². The summed E-state index contributed by atoms with van der Waals surface area (Å²) < 4.78 is 26.2. The number of halogens is 2. The van der Waals surface area contributed by atoms with Gasteiger partial charge in [-0.2, -0.15) is 0 Å². The van der Waals surface area contributed by atoms with Gasteiger partial charge in [-0.05, 0) is 37.1 Å². The Labute approximate surface area is 104 Å². The lowest BCUT2D eigenvalue weighted by atomic mass is 9.96. The summed E-state index contributed by atoms with van der Waals surface area (Å²) in [6, 6.07) is 8.15. The molecule has 0 spiro atoms. The number of carbonyl (C=O) groups excluding carboxylic acids is 1. The zero-order valence-electron chi connectivity index (χ0n) is 10.1. The molecule has 0 saturated carbocycles. The fourth-order valence-electron chi connectivity index (χ4n) is 1.84. The molecule has 0 fully saturated rings. The Balaban J connectivity index is 2.51. The van der Waals surface area contributed by atoms with E-state index in [2.05, 4.69) is 0 Å². The summed E-state index contributed by atoms with van der Waals surface area (Å²) in [7, 11) is 0. The Kier molecular flexibility index (Phi) is 3.24. The summed E-state index contributed by atoms with van der Waals surface area (Å²) >= 11 is 0. The van der Waals surface area contributed by atoms with Gasteiger partial charge in [0.05, 0.1) is 0 Å². The standard InChI is InChI=1S/C15H12F2O/c1-9-4-3-5-14(10(9)2)15(18)11-6-12(16)8-13(17)7-11/h3-8H,1-2H3. The Bertz CT molecular complexity index is 598. The van der Waals surface area contributed by atoms with Crippen molar-refractivity contribution in [2.24, 2.45) is 0 Å². The van der Waals surface area contributed by atoms with E-state index in [4.69, 9.17) is 0 Å². The number of rotatable bonds is 2. The summed E-state index contributed by atoms with van der Waals surface area (Å²) in [5.74, 6) is -1.86. The Morgan fingerprint density at radius 2 is 1.61 bits per heavy atom. The van der Waals surface area contributed by atoms with E-state index >= 15 is 0 Å². The van der Waals surface area contributed by atoms with Gasteiger partial charge in [-0.3, -0.25) is 4.79 Å². The van der Waals surface area contributed by atoms with Crippen LogP contribution in [0.25, 0.3) is 0 Å². The van der Waals surface area contributed by atoms with Crippen molar-refractivity contribution in [3.8, 4) is 0 Å². The fraction of sp³-hybridized carbons (Fsp3) is 0.133. The summed E-state index contributed by atoms with van der Waals surface area (Å²) in [5.41, 5.74) is 2.30. The molecule has 0 atom stereocenters. The van der Waals surface area contributed by atoms with Crippen molar-refractivity contribution in [3.05, 3.63) is 70.3 Å². The van der Waals surface area contributed by atoms with Crippen LogP contribution < -0.4 is 0 Å². The lowest BCUT2D eigenvalue weighted by molar-refractivity contribution is 0.103. The number of hydrogen-bond acceptors (Lipinski definition) is 1. The van der Waals surface area contributed by atoms with Crippen LogP contribution in [-0.4, -0.2) is 5.78 Å². The van der Waals surface area contributed by atoms with E-state index in [9.17, 15) is 13.6 Å². The Morgan fingerprint density at radius 1 is 1.00 bits per heavy atom. The third-order valence-corrected chi connectivity index (χ3v) is 2.97. The number of aryl methyl sites for hydroxylation is 1. The molecule has 1 nitrogen and oxygen atoms in total. The van der Waals surface area contributed by atoms with Crippen molar-refractivity contribution in [2.75, 3.05) is 0 Å². The van der Waals surface area contributed by atoms with Gasteiger partial charge in [-0.25, -0.2) is 8.78 Å². The highest BCUT2D eigenvalue weighted by atomic mass is 19.1. The number of hydrogen-bond donors (Lipinski definition) is 0. The van der Waals surface area contributed by atoms with Gasteiger partial charge in [0.25, 0.3) is 0 Å². The van der Waals surface area contributed by atoms with Gasteiger partial charge < -0.3 is 0 Å². The first-order valence-corrected chi connectivity index (χ1v) is 5.56. The van der Waals surface area contributed by atoms with Gasteiger partial charge in [0, 0.05) is 17.2 Å². The van der Waals surface area contributed by atoms with Crippen LogP contribution in [0.2, 0.25) is 0 Å². The van der Waals surface area contributed by atoms with E-state index in [1.54, 1.807) is 12.1 Å². The third kappa shape index (κ3) is 2.30. The first-order chi connectivity index (χ1) is 8.49. The molecule has 2 aromatic carbocycles. The Hall–Kier alpha value is -2.03. The van der Waals surface area contributed by atoms with Crippen LogP contribution in [0.4, 0.5) is 8.78 Å². The molecule has 0 unspecified atom stereocenters. The predicted octanol–water partition coefficient (Wildman–Crippen LogP) is 3.81. The molecule has 0 N–H and O–H groups in total. The first-order valence-electron chi connectivity index (χ1n) is 5.56. The van der Waals surface area contributed by atoms with Crippen molar-refractivity contribution in [1.29, 1.82) is 0 Å². The van der Waals surface area contributed by atoms with Gasteiger partial charge >= 0.3 is 0 Å². The average molecular weight is 246 g/mol. The van der Waals surface area contributed by atoms with Crippen LogP contribution in [0.3, 0.4) is 0 Å². The van der Waals surface area contributed by atoms with E-state index in [0.29, 0.717) is 5.56 Å². The monoisotopic (exact) mass is 246 g/mol. The zero-order valence-corrected chi connectivity index (χ0v) is 10.1. The molecule has 0 amide bonds. The highest BCUT2D eigenvalue weighted by molar-refractivity contribution is 6.10. The van der Waals surface area contributed by atoms with Crippen LogP contribution >= 0.6 is 0 Å². The van der Waals surface area contributed by atoms with Crippen LogP contribution in [-0.2, 0) is 0 Å². The molecule has 0 aliphatic rings. The second kappa shape index (κ2) is 4.69. The largest absolute Gasteiger partial charge is 0.289 e. The number of benzene rings is 2. The van der Waals surface area contributed by atoms with E-state index in [1.807, 2.05) is 19.9 Å². The highest BCUT2D eigenvalue weighted by Crippen LogP contribution is 2.18. The normalized spacial score (nSPS) is 10.4. The van der Waals surface area contributed by atoms with Crippen molar-refractivity contribution in [3.63, 3.8) is 0 Å². The van der Waals surface area contributed by atoms with Crippen LogP contribution in [0.1, 0.15) is 27.0 Å². The summed E-state index contributed by atoms with van der Waals surface area (Å²) in [6.45, 7) is 3.70. The third-order valence-electron chi connectivity index (χ3n) is 2.97. The maximum absolute atomic E-state index is 13.1. The van der Waals surface area contributed by atoms with Crippen molar-refractivity contribution in [2.45, 2.75) is 13.8 Å². The van der Waals surface area contributed by atoms with Crippen LogP contribution in [0.15, 0.2) is 36.4 Å². The molecule has 0 radical (unpaired) electrons. The quantitative estimate of drug-likeness (QED) is 0.736. The minimum absolute atomic E-state index is 0.0289. The lowest BCUT2D eigenvalue weighted by Crippen LogP contribution is -2.05. The van der Waals surface area contributed by atoms with Gasteiger partial charge in [0.15, 0.2) is 5.78 Å². The van der Waals surface area contributed by atoms with Crippen molar-refractivity contribution >= 4 is 5.78 Å². The fourth-order valence-corrected chi connectivity index (χ4v) is 1.84. The molecule has 3 heteroatoms. The van der Waals surface area contributed by atoms with Crippen LogP contribution in [0.5, 0.6) is 0 Å². The molecular weight excluding hydrogens is 234 g/mol. The molecule has 0 aromatic heterocycles. The summed E-state index contributed by atoms with van der Waals surface area (Å²) in [4.78, 5) is 12.2. The molecule has 0 aliphatic heterocycles. The molecule has 0 heterocycles. The topological polar surface area (TPSA) is 17.1 Å². The van der Waals surface area contributed by atoms with Crippen LogP contribution in [0, 0.1) is 25.5 Å². The maximum Gasteiger partial charge on any atom is 0.193 e. The van der Waals surface area contributed by atoms with E-state index in [1.165, 1.54) is 0 Å². The Morgan fingerprint density at radius 3 is 2.22 bits per heavy atom. The molecule has 2 aromatic rings. The van der Waals surface area contributed by atoms with Gasteiger partial charge in [-0.15, -0.1) is 0 Å². The predicted molar refractivity (Wildman–Crippen MR) is 65.7 cm³/mol. The molecule has 2 rings (SSSR count). The molecule has 0 bridgehead atoms. The lowest BCUT2D eigenvalue weighted by Gasteiger charge is -2.07. The highest BCUT2D eigenvalue weighted by Gasteiger charge is 2.14. The van der Waals surface area contributed by atoms with E-state index in [0.717, 1.165) is 29.3 Å². The smallest absolute Gasteiger partial charge is 0.193 e. The van der Waals surface area contributed by atoms with E-state index in [-0.39, 0.29) is 11.3 Å². The first kappa shape index (κ1) is 12.4. The minimum Gasteiger partial charge on any atom is -0.289 e. The number of carbonyl (C=O) groups is 1. The molecule has 18 heavy (non-hydrogen) atoms. The zero-order chi connectivity index (χ0) is 13.3. The van der Waals surface area contributed by atoms with Crippen molar-refractivity contribution < 1.29 is 13.6 Å². The molecule has 92 valence electrons. The van der Waals surface area contributed by atoms with Crippen molar-refractivity contribution in [1.82, 2.24) is 0 Å².